The summed E-state index contributed by atoms with van der Waals surface area (Å²) in [5.41, 5.74) is 4.03. The second-order valence-corrected chi connectivity index (χ2v) is 7.66. The number of rotatable bonds is 5. The number of hydrogen-bond donors (Lipinski definition) is 1. The van der Waals surface area contributed by atoms with Crippen molar-refractivity contribution >= 4 is 16.8 Å². The molecule has 5 heteroatoms. The SMILES string of the molecule is Cc1c(C(=O)NC[C@H](c2cccnc2)N2CCCCC2)n(C)c2ccccc12. The van der Waals surface area contributed by atoms with Crippen LogP contribution in [0.5, 0.6) is 0 Å². The second kappa shape index (κ2) is 8.15. The fourth-order valence-corrected chi connectivity index (χ4v) is 4.44. The molecule has 3 aromatic rings. The van der Waals surface area contributed by atoms with Crippen LogP contribution in [0.1, 0.15) is 46.9 Å². The normalized spacial score (nSPS) is 16.2. The van der Waals surface area contributed by atoms with Crippen molar-refractivity contribution in [2.75, 3.05) is 19.6 Å². The first kappa shape index (κ1) is 18.7. The van der Waals surface area contributed by atoms with Gasteiger partial charge in [0.2, 0.25) is 0 Å². The topological polar surface area (TPSA) is 50.2 Å². The number of carbonyl (C=O) groups excluding carboxylic acids is 1. The first-order valence-corrected chi connectivity index (χ1v) is 10.1. The van der Waals surface area contributed by atoms with Gasteiger partial charge in [0.05, 0.1) is 6.04 Å². The van der Waals surface area contributed by atoms with Crippen molar-refractivity contribution in [3.05, 3.63) is 65.6 Å². The first-order valence-electron chi connectivity index (χ1n) is 10.1. The van der Waals surface area contributed by atoms with E-state index in [-0.39, 0.29) is 11.9 Å². The minimum absolute atomic E-state index is 0.0119. The number of nitrogens with zero attached hydrogens (tertiary/aromatic N) is 3. The van der Waals surface area contributed by atoms with Crippen LogP contribution in [0.4, 0.5) is 0 Å². The summed E-state index contributed by atoms with van der Waals surface area (Å²) < 4.78 is 2.00. The van der Waals surface area contributed by atoms with Crippen LogP contribution in [0.15, 0.2) is 48.8 Å². The Bertz CT molecular complexity index is 918. The average Bonchev–Trinajstić information content (AvgIpc) is 3.00. The van der Waals surface area contributed by atoms with Gasteiger partial charge >= 0.3 is 0 Å². The average molecular weight is 377 g/mol. The van der Waals surface area contributed by atoms with Gasteiger partial charge in [0.15, 0.2) is 0 Å². The molecule has 1 aliphatic heterocycles. The summed E-state index contributed by atoms with van der Waals surface area (Å²) in [7, 11) is 1.97. The number of piperidine rings is 1. The Morgan fingerprint density at radius 1 is 1.14 bits per heavy atom. The van der Waals surface area contributed by atoms with E-state index in [4.69, 9.17) is 0 Å². The molecule has 0 unspecified atom stereocenters. The molecule has 4 rings (SSSR count). The van der Waals surface area contributed by atoms with Crippen molar-refractivity contribution in [1.29, 1.82) is 0 Å². The molecule has 0 radical (unpaired) electrons. The maximum Gasteiger partial charge on any atom is 0.268 e. The molecule has 1 fully saturated rings. The van der Waals surface area contributed by atoms with Gasteiger partial charge in [0.25, 0.3) is 5.91 Å². The van der Waals surface area contributed by atoms with Crippen LogP contribution < -0.4 is 5.32 Å². The Labute approximate surface area is 166 Å². The predicted molar refractivity (Wildman–Crippen MR) is 112 cm³/mol. The number of fused-ring (bicyclic) bond motifs is 1. The molecule has 1 aliphatic rings. The molecule has 1 atom stereocenters. The van der Waals surface area contributed by atoms with Gasteiger partial charge in [-0.25, -0.2) is 0 Å². The summed E-state index contributed by atoms with van der Waals surface area (Å²) in [4.78, 5) is 19.9. The zero-order valence-corrected chi connectivity index (χ0v) is 16.7. The van der Waals surface area contributed by atoms with Crippen molar-refractivity contribution in [3.8, 4) is 0 Å². The molecule has 1 aromatic carbocycles. The molecule has 0 saturated carbocycles. The molecule has 0 bridgehead atoms. The van der Waals surface area contributed by atoms with Gasteiger partial charge in [-0.05, 0) is 56.1 Å². The van der Waals surface area contributed by atoms with Crippen molar-refractivity contribution in [3.63, 3.8) is 0 Å². The minimum atomic E-state index is -0.0119. The molecular formula is C23H28N4O. The van der Waals surface area contributed by atoms with E-state index in [1.54, 1.807) is 6.20 Å². The van der Waals surface area contributed by atoms with Crippen LogP contribution in [-0.4, -0.2) is 40.0 Å². The third-order valence-electron chi connectivity index (χ3n) is 5.93. The van der Waals surface area contributed by atoms with Crippen LogP contribution in [0.25, 0.3) is 10.9 Å². The van der Waals surface area contributed by atoms with Gasteiger partial charge in [-0.1, -0.05) is 30.7 Å². The van der Waals surface area contributed by atoms with Crippen LogP contribution in [0, 0.1) is 6.92 Å². The van der Waals surface area contributed by atoms with Crippen molar-refractivity contribution in [1.82, 2.24) is 19.8 Å². The monoisotopic (exact) mass is 376 g/mol. The van der Waals surface area contributed by atoms with Crippen LogP contribution in [0.3, 0.4) is 0 Å². The molecule has 0 aliphatic carbocycles. The molecule has 1 amide bonds. The summed E-state index contributed by atoms with van der Waals surface area (Å²) in [6.07, 6.45) is 7.44. The van der Waals surface area contributed by atoms with Gasteiger partial charge in [0, 0.05) is 36.9 Å². The maximum absolute atomic E-state index is 13.1. The number of likely N-dealkylation sites (tertiary alicyclic amines) is 1. The van der Waals surface area contributed by atoms with Crippen molar-refractivity contribution in [2.45, 2.75) is 32.2 Å². The fourth-order valence-electron chi connectivity index (χ4n) is 4.44. The van der Waals surface area contributed by atoms with Gasteiger partial charge in [-0.15, -0.1) is 0 Å². The van der Waals surface area contributed by atoms with Crippen molar-refractivity contribution < 1.29 is 4.79 Å². The highest BCUT2D eigenvalue weighted by Crippen LogP contribution is 2.26. The predicted octanol–water partition coefficient (Wildman–Crippen LogP) is 3.84. The largest absolute Gasteiger partial charge is 0.349 e. The number of pyridine rings is 1. The highest BCUT2D eigenvalue weighted by Gasteiger charge is 2.24. The minimum Gasteiger partial charge on any atom is -0.349 e. The lowest BCUT2D eigenvalue weighted by Gasteiger charge is -2.34. The summed E-state index contributed by atoms with van der Waals surface area (Å²) >= 11 is 0. The smallest absolute Gasteiger partial charge is 0.268 e. The lowest BCUT2D eigenvalue weighted by molar-refractivity contribution is 0.0916. The molecule has 1 saturated heterocycles. The summed E-state index contributed by atoms with van der Waals surface area (Å²) in [5, 5.41) is 4.34. The standard InChI is InChI=1S/C23H28N4O/c1-17-19-10-4-5-11-20(19)26(2)22(17)23(28)25-16-21(18-9-8-12-24-15-18)27-13-6-3-7-14-27/h4-5,8-12,15,21H,3,6-7,13-14,16H2,1-2H3,(H,25,28)/t21-/m1/s1. The summed E-state index contributed by atoms with van der Waals surface area (Å²) in [6, 6.07) is 12.4. The zero-order valence-electron chi connectivity index (χ0n) is 16.7. The third kappa shape index (κ3) is 3.54. The number of carbonyl (C=O) groups is 1. The van der Waals surface area contributed by atoms with E-state index in [0.29, 0.717) is 6.54 Å². The number of aryl methyl sites for hydroxylation is 2. The number of aromatic nitrogens is 2. The number of nitrogens with one attached hydrogen (secondary N) is 1. The lowest BCUT2D eigenvalue weighted by atomic mass is 10.0. The van der Waals surface area contributed by atoms with E-state index in [0.717, 1.165) is 35.2 Å². The maximum atomic E-state index is 13.1. The van der Waals surface area contributed by atoms with Crippen LogP contribution in [-0.2, 0) is 7.05 Å². The Balaban J connectivity index is 1.56. The van der Waals surface area contributed by atoms with E-state index in [1.807, 2.05) is 42.9 Å². The summed E-state index contributed by atoms with van der Waals surface area (Å²) in [6.45, 7) is 4.76. The van der Waals surface area contributed by atoms with E-state index >= 15 is 0 Å². The molecule has 2 aromatic heterocycles. The van der Waals surface area contributed by atoms with Gasteiger partial charge in [-0.2, -0.15) is 0 Å². The van der Waals surface area contributed by atoms with Gasteiger partial charge in [0.1, 0.15) is 5.69 Å². The Morgan fingerprint density at radius 2 is 1.93 bits per heavy atom. The van der Waals surface area contributed by atoms with Gasteiger partial charge in [-0.3, -0.25) is 14.7 Å². The molecule has 5 nitrogen and oxygen atoms in total. The highest BCUT2D eigenvalue weighted by molar-refractivity contribution is 6.01. The molecule has 28 heavy (non-hydrogen) atoms. The Morgan fingerprint density at radius 3 is 2.64 bits per heavy atom. The number of benzene rings is 1. The first-order chi connectivity index (χ1) is 13.7. The highest BCUT2D eigenvalue weighted by atomic mass is 16.1. The molecule has 146 valence electrons. The Hall–Kier alpha value is -2.66. The van der Waals surface area contributed by atoms with Crippen LogP contribution >= 0.6 is 0 Å². The Kier molecular flexibility index (Phi) is 5.44. The third-order valence-corrected chi connectivity index (χ3v) is 5.93. The zero-order chi connectivity index (χ0) is 19.5. The second-order valence-electron chi connectivity index (χ2n) is 7.66. The van der Waals surface area contributed by atoms with E-state index < -0.39 is 0 Å². The van der Waals surface area contributed by atoms with E-state index in [2.05, 4.69) is 33.4 Å². The van der Waals surface area contributed by atoms with Crippen molar-refractivity contribution in [2.24, 2.45) is 7.05 Å². The van der Waals surface area contributed by atoms with Gasteiger partial charge < -0.3 is 9.88 Å². The molecule has 0 spiro atoms. The number of hydrogen-bond acceptors (Lipinski definition) is 3. The fraction of sp³-hybridized carbons (Fsp3) is 0.391. The van der Waals surface area contributed by atoms with E-state index in [9.17, 15) is 4.79 Å². The quantitative estimate of drug-likeness (QED) is 0.736. The van der Waals surface area contributed by atoms with Crippen LogP contribution in [0.2, 0.25) is 0 Å². The number of amides is 1. The number of para-hydroxylation sites is 1. The summed E-state index contributed by atoms with van der Waals surface area (Å²) in [5.74, 6) is -0.0119. The van der Waals surface area contributed by atoms with E-state index in [1.165, 1.54) is 24.8 Å². The molecular weight excluding hydrogens is 348 g/mol. The molecule has 1 N–H and O–H groups in total. The lowest BCUT2D eigenvalue weighted by Crippen LogP contribution is -2.41. The molecule has 3 heterocycles.